The van der Waals surface area contributed by atoms with E-state index in [0.29, 0.717) is 13.0 Å². The minimum Gasteiger partial charge on any atom is -0.458 e. The summed E-state index contributed by atoms with van der Waals surface area (Å²) in [6, 6.07) is 14.0. The number of rotatable bonds is 6. The predicted octanol–water partition coefficient (Wildman–Crippen LogP) is 4.36. The van der Waals surface area contributed by atoms with Crippen LogP contribution in [0, 0.1) is 22.0 Å². The van der Waals surface area contributed by atoms with Gasteiger partial charge in [-0.2, -0.15) is 0 Å². The molecule has 0 aliphatic carbocycles. The molecule has 2 rings (SSSR count). The zero-order valence-corrected chi connectivity index (χ0v) is 16.2. The highest BCUT2D eigenvalue weighted by Crippen LogP contribution is 2.22. The van der Waals surface area contributed by atoms with E-state index in [1.54, 1.807) is 12.1 Å². The third-order valence-electron chi connectivity index (χ3n) is 3.54. The number of nitrogens with zero attached hydrogens (tertiary/aromatic N) is 1. The van der Waals surface area contributed by atoms with E-state index in [9.17, 15) is 14.9 Å². The number of esters is 1. The van der Waals surface area contributed by atoms with Crippen LogP contribution in [0.15, 0.2) is 48.5 Å². The van der Waals surface area contributed by atoms with E-state index in [2.05, 4.69) is 11.8 Å². The lowest BCUT2D eigenvalue weighted by Gasteiger charge is -2.19. The van der Waals surface area contributed by atoms with Gasteiger partial charge in [-0.25, -0.2) is 4.79 Å². The molecule has 0 bridgehead atoms. The Balaban J connectivity index is 1.80. The minimum atomic E-state index is -0.513. The van der Waals surface area contributed by atoms with Crippen molar-refractivity contribution in [1.82, 2.24) is 0 Å². The van der Waals surface area contributed by atoms with Gasteiger partial charge in [0.15, 0.2) is 0 Å². The van der Waals surface area contributed by atoms with Gasteiger partial charge in [-0.15, -0.1) is 0 Å². The topological polar surface area (TPSA) is 78.7 Å². The quantitative estimate of drug-likeness (QED) is 0.244. The summed E-state index contributed by atoms with van der Waals surface area (Å²) < 4.78 is 10.4. The first kappa shape index (κ1) is 21.1. The van der Waals surface area contributed by atoms with Crippen LogP contribution in [0.1, 0.15) is 32.8 Å². The second kappa shape index (κ2) is 9.67. The molecule has 0 atom stereocenters. The Labute approximate surface area is 164 Å². The van der Waals surface area contributed by atoms with E-state index in [1.807, 2.05) is 45.0 Å². The first-order valence-electron chi connectivity index (χ1n) is 8.88. The van der Waals surface area contributed by atoms with Crippen LogP contribution >= 0.6 is 0 Å². The van der Waals surface area contributed by atoms with Crippen molar-refractivity contribution in [3.63, 3.8) is 0 Å². The summed E-state index contributed by atoms with van der Waals surface area (Å²) in [4.78, 5) is 21.8. The Hall–Kier alpha value is -3.17. The lowest BCUT2D eigenvalue weighted by atomic mass is 10.0. The number of benzene rings is 2. The Bertz CT molecular complexity index is 868. The summed E-state index contributed by atoms with van der Waals surface area (Å²) in [5.74, 6) is 5.65. The summed E-state index contributed by atoms with van der Waals surface area (Å²) in [6.07, 6.45) is 0.507. The Morgan fingerprint density at radius 3 is 2.14 bits per heavy atom. The average Bonchev–Trinajstić information content (AvgIpc) is 2.63. The number of ether oxygens (including phenoxy) is 2. The standard InChI is InChI=1S/C22H23NO5/c1-22(2,3)28-21(24)16-27-15-5-4-6-17-7-9-18(10-8-17)19-11-13-20(14-12-19)23(25)26/h7-14H,5,15-16H2,1-3H3. The fourth-order valence-electron chi connectivity index (χ4n) is 2.34. The number of hydrogen-bond donors (Lipinski definition) is 0. The van der Waals surface area contributed by atoms with Gasteiger partial charge in [-0.1, -0.05) is 24.0 Å². The predicted molar refractivity (Wildman–Crippen MR) is 107 cm³/mol. The lowest BCUT2D eigenvalue weighted by Crippen LogP contribution is -2.26. The van der Waals surface area contributed by atoms with Crippen LogP contribution in [-0.2, 0) is 14.3 Å². The van der Waals surface area contributed by atoms with Crippen LogP contribution < -0.4 is 0 Å². The number of hydrogen-bond acceptors (Lipinski definition) is 5. The van der Waals surface area contributed by atoms with E-state index in [-0.39, 0.29) is 18.3 Å². The molecule has 0 fully saturated rings. The van der Waals surface area contributed by atoms with E-state index in [4.69, 9.17) is 9.47 Å². The average molecular weight is 381 g/mol. The number of carbonyl (C=O) groups is 1. The van der Waals surface area contributed by atoms with Gasteiger partial charge in [0.05, 0.1) is 11.5 Å². The minimum absolute atomic E-state index is 0.0696. The molecule has 6 heteroatoms. The molecular formula is C22H23NO5. The van der Waals surface area contributed by atoms with Crippen molar-refractivity contribution in [1.29, 1.82) is 0 Å². The van der Waals surface area contributed by atoms with Crippen molar-refractivity contribution in [3.05, 3.63) is 64.2 Å². The fraction of sp³-hybridized carbons (Fsp3) is 0.318. The largest absolute Gasteiger partial charge is 0.458 e. The molecule has 0 aliphatic rings. The van der Waals surface area contributed by atoms with Crippen LogP contribution in [0.4, 0.5) is 5.69 Å². The van der Waals surface area contributed by atoms with Crippen molar-refractivity contribution in [2.24, 2.45) is 0 Å². The molecule has 146 valence electrons. The van der Waals surface area contributed by atoms with Crippen molar-refractivity contribution >= 4 is 11.7 Å². The zero-order valence-electron chi connectivity index (χ0n) is 16.2. The van der Waals surface area contributed by atoms with Crippen LogP contribution in [0.5, 0.6) is 0 Å². The highest BCUT2D eigenvalue weighted by atomic mass is 16.6. The van der Waals surface area contributed by atoms with E-state index in [1.165, 1.54) is 12.1 Å². The smallest absolute Gasteiger partial charge is 0.332 e. The van der Waals surface area contributed by atoms with Gasteiger partial charge in [0.25, 0.3) is 5.69 Å². The molecule has 0 N–H and O–H groups in total. The van der Waals surface area contributed by atoms with E-state index in [0.717, 1.165) is 16.7 Å². The van der Waals surface area contributed by atoms with E-state index >= 15 is 0 Å². The van der Waals surface area contributed by atoms with Crippen molar-refractivity contribution < 1.29 is 19.2 Å². The van der Waals surface area contributed by atoms with E-state index < -0.39 is 10.5 Å². The Kier molecular flexibility index (Phi) is 7.30. The molecule has 0 heterocycles. The van der Waals surface area contributed by atoms with Gasteiger partial charge in [0.1, 0.15) is 12.2 Å². The number of carbonyl (C=O) groups excluding carboxylic acids is 1. The highest BCUT2D eigenvalue weighted by molar-refractivity contribution is 5.71. The molecule has 2 aromatic carbocycles. The van der Waals surface area contributed by atoms with Gasteiger partial charge < -0.3 is 9.47 Å². The van der Waals surface area contributed by atoms with Crippen LogP contribution in [0.3, 0.4) is 0 Å². The van der Waals surface area contributed by atoms with Gasteiger partial charge in [-0.05, 0) is 56.2 Å². The van der Waals surface area contributed by atoms with Crippen LogP contribution in [0.2, 0.25) is 0 Å². The van der Waals surface area contributed by atoms with Gasteiger partial charge >= 0.3 is 5.97 Å². The summed E-state index contributed by atoms with van der Waals surface area (Å²) in [5, 5.41) is 10.7. The van der Waals surface area contributed by atoms with Crippen molar-refractivity contribution in [2.75, 3.05) is 13.2 Å². The Morgan fingerprint density at radius 1 is 1.04 bits per heavy atom. The van der Waals surface area contributed by atoms with Crippen LogP contribution in [0.25, 0.3) is 11.1 Å². The molecule has 0 amide bonds. The molecule has 0 aliphatic heterocycles. The zero-order chi connectivity index (χ0) is 20.6. The molecule has 0 unspecified atom stereocenters. The van der Waals surface area contributed by atoms with Crippen molar-refractivity contribution in [3.8, 4) is 23.0 Å². The maximum absolute atomic E-state index is 11.5. The molecule has 2 aromatic rings. The molecular weight excluding hydrogens is 358 g/mol. The summed E-state index contributed by atoms with van der Waals surface area (Å²) in [6.45, 7) is 5.70. The molecule has 0 saturated heterocycles. The summed E-state index contributed by atoms with van der Waals surface area (Å²) in [7, 11) is 0. The lowest BCUT2D eigenvalue weighted by molar-refractivity contribution is -0.384. The molecule has 6 nitrogen and oxygen atoms in total. The third-order valence-corrected chi connectivity index (χ3v) is 3.54. The Morgan fingerprint density at radius 2 is 1.61 bits per heavy atom. The SMILES string of the molecule is CC(C)(C)OC(=O)COCCC#Cc1ccc(-c2ccc([N+](=O)[O-])cc2)cc1. The third kappa shape index (κ3) is 7.22. The molecule has 0 spiro atoms. The normalized spacial score (nSPS) is 10.7. The van der Waals surface area contributed by atoms with Gasteiger partial charge in [-0.3, -0.25) is 10.1 Å². The highest BCUT2D eigenvalue weighted by Gasteiger charge is 2.15. The molecule has 0 radical (unpaired) electrons. The fourth-order valence-corrected chi connectivity index (χ4v) is 2.34. The molecule has 0 aromatic heterocycles. The summed E-state index contributed by atoms with van der Waals surface area (Å²) >= 11 is 0. The first-order valence-corrected chi connectivity index (χ1v) is 8.88. The second-order valence-corrected chi connectivity index (χ2v) is 7.07. The van der Waals surface area contributed by atoms with Crippen molar-refractivity contribution in [2.45, 2.75) is 32.8 Å². The number of nitro benzene ring substituents is 1. The van der Waals surface area contributed by atoms with Gasteiger partial charge in [0, 0.05) is 24.1 Å². The molecule has 28 heavy (non-hydrogen) atoms. The van der Waals surface area contributed by atoms with Gasteiger partial charge in [0.2, 0.25) is 0 Å². The number of nitro groups is 1. The maximum Gasteiger partial charge on any atom is 0.332 e. The first-order chi connectivity index (χ1) is 13.2. The number of non-ortho nitro benzene ring substituents is 1. The molecule has 0 saturated carbocycles. The summed E-state index contributed by atoms with van der Waals surface area (Å²) in [5.41, 5.74) is 2.28. The van der Waals surface area contributed by atoms with Crippen LogP contribution in [-0.4, -0.2) is 29.7 Å². The monoisotopic (exact) mass is 381 g/mol. The maximum atomic E-state index is 11.5. The second-order valence-electron chi connectivity index (χ2n) is 7.07.